The molecule has 0 atom stereocenters. The molecule has 2 aromatic heterocycles. The number of hydrogen-bond donors (Lipinski definition) is 2. The molecular formula is C10H9N3S. The summed E-state index contributed by atoms with van der Waals surface area (Å²) in [6.45, 7) is 0. The summed E-state index contributed by atoms with van der Waals surface area (Å²) in [6, 6.07) is 9.48. The molecule has 0 aliphatic rings. The molecule has 0 spiro atoms. The Morgan fingerprint density at radius 3 is 2.86 bits per heavy atom. The lowest BCUT2D eigenvalue weighted by Gasteiger charge is -2.03. The molecule has 0 amide bonds. The van der Waals surface area contributed by atoms with Crippen LogP contribution in [0.25, 0.3) is 0 Å². The average Bonchev–Trinajstić information content (AvgIpc) is 2.23. The molecule has 4 heteroatoms. The smallest absolute Gasteiger partial charge is 0.130 e. The Balaban J connectivity index is 2.28. The van der Waals surface area contributed by atoms with E-state index in [1.807, 2.05) is 30.3 Å². The molecule has 0 aliphatic carbocycles. The van der Waals surface area contributed by atoms with Gasteiger partial charge in [-0.25, -0.2) is 4.98 Å². The van der Waals surface area contributed by atoms with E-state index >= 15 is 0 Å². The number of rotatable bonds is 2. The van der Waals surface area contributed by atoms with Gasteiger partial charge in [0.25, 0.3) is 0 Å². The maximum atomic E-state index is 5.11. The fraction of sp³-hybridized carbons (Fsp3) is 0. The topological polar surface area (TPSA) is 40.7 Å². The van der Waals surface area contributed by atoms with Gasteiger partial charge in [0.2, 0.25) is 0 Å². The van der Waals surface area contributed by atoms with Gasteiger partial charge in [-0.05, 0) is 24.3 Å². The molecule has 0 unspecified atom stereocenters. The van der Waals surface area contributed by atoms with Crippen LogP contribution in [0.1, 0.15) is 0 Å². The number of aromatic amines is 1. The van der Waals surface area contributed by atoms with Gasteiger partial charge in [-0.3, -0.25) is 0 Å². The highest BCUT2D eigenvalue weighted by atomic mass is 32.1. The summed E-state index contributed by atoms with van der Waals surface area (Å²) >= 11 is 5.11. The molecule has 0 saturated heterocycles. The lowest BCUT2D eigenvalue weighted by atomic mass is 10.4. The number of pyridine rings is 2. The van der Waals surface area contributed by atoms with Crippen LogP contribution in [0.5, 0.6) is 0 Å². The molecule has 3 nitrogen and oxygen atoms in total. The highest BCUT2D eigenvalue weighted by Crippen LogP contribution is 2.13. The van der Waals surface area contributed by atoms with Crippen molar-refractivity contribution in [2.75, 3.05) is 5.32 Å². The molecule has 2 N–H and O–H groups in total. The Hall–Kier alpha value is -1.68. The van der Waals surface area contributed by atoms with Crippen molar-refractivity contribution in [1.29, 1.82) is 0 Å². The van der Waals surface area contributed by atoms with Crippen molar-refractivity contribution in [2.24, 2.45) is 0 Å². The monoisotopic (exact) mass is 203 g/mol. The molecular weight excluding hydrogens is 194 g/mol. The minimum atomic E-state index is 0.679. The second-order valence-electron chi connectivity index (χ2n) is 2.75. The summed E-state index contributed by atoms with van der Waals surface area (Å²) in [4.78, 5) is 7.09. The van der Waals surface area contributed by atoms with Gasteiger partial charge in [-0.15, -0.1) is 0 Å². The summed E-state index contributed by atoms with van der Waals surface area (Å²) in [5.41, 5.74) is 0.862. The second-order valence-corrected chi connectivity index (χ2v) is 3.16. The molecule has 2 aromatic rings. The predicted molar refractivity (Wildman–Crippen MR) is 59.1 cm³/mol. The summed E-state index contributed by atoms with van der Waals surface area (Å²) in [7, 11) is 0. The Morgan fingerprint density at radius 1 is 1.21 bits per heavy atom. The van der Waals surface area contributed by atoms with Gasteiger partial charge in [0.05, 0.1) is 5.69 Å². The number of nitrogens with zero attached hydrogens (tertiary/aromatic N) is 1. The highest BCUT2D eigenvalue weighted by molar-refractivity contribution is 7.71. The molecule has 2 heterocycles. The quantitative estimate of drug-likeness (QED) is 0.737. The van der Waals surface area contributed by atoms with E-state index in [2.05, 4.69) is 15.3 Å². The van der Waals surface area contributed by atoms with Crippen molar-refractivity contribution in [2.45, 2.75) is 0 Å². The van der Waals surface area contributed by atoms with Gasteiger partial charge in [-0.2, -0.15) is 0 Å². The molecule has 0 saturated carbocycles. The van der Waals surface area contributed by atoms with Crippen molar-refractivity contribution in [3.8, 4) is 0 Å². The largest absolute Gasteiger partial charge is 0.351 e. The number of nitrogens with one attached hydrogen (secondary N) is 2. The van der Waals surface area contributed by atoms with Gasteiger partial charge >= 0.3 is 0 Å². The molecule has 0 bridgehead atoms. The Bertz CT molecular complexity index is 464. The Labute approximate surface area is 86.8 Å². The van der Waals surface area contributed by atoms with Crippen LogP contribution < -0.4 is 5.32 Å². The van der Waals surface area contributed by atoms with Crippen LogP contribution in [0.3, 0.4) is 0 Å². The number of anilines is 2. The summed E-state index contributed by atoms with van der Waals surface area (Å²) in [6.07, 6.45) is 3.53. The van der Waals surface area contributed by atoms with Crippen molar-refractivity contribution in [1.82, 2.24) is 9.97 Å². The normalized spacial score (nSPS) is 9.71. The first kappa shape index (κ1) is 8.90. The summed E-state index contributed by atoms with van der Waals surface area (Å²) < 4.78 is 0.679. The number of H-pyrrole nitrogens is 1. The zero-order chi connectivity index (χ0) is 9.80. The zero-order valence-corrected chi connectivity index (χ0v) is 8.21. The van der Waals surface area contributed by atoms with E-state index < -0.39 is 0 Å². The minimum absolute atomic E-state index is 0.679. The standard InChI is InChI=1S/C10H9N3S/c14-10-8(4-3-7-12-10)13-9-5-1-2-6-11-9/h1-7H,(H,11,13)(H,12,14). The molecule has 0 radical (unpaired) electrons. The van der Waals surface area contributed by atoms with Crippen LogP contribution in [0.15, 0.2) is 42.7 Å². The minimum Gasteiger partial charge on any atom is -0.351 e. The third-order valence-corrected chi connectivity index (χ3v) is 2.08. The first-order valence-electron chi connectivity index (χ1n) is 4.22. The Morgan fingerprint density at radius 2 is 2.14 bits per heavy atom. The zero-order valence-electron chi connectivity index (χ0n) is 7.40. The maximum absolute atomic E-state index is 5.11. The van der Waals surface area contributed by atoms with Crippen molar-refractivity contribution in [3.05, 3.63) is 47.4 Å². The van der Waals surface area contributed by atoms with Crippen LogP contribution in [0, 0.1) is 4.64 Å². The molecule has 0 aromatic carbocycles. The summed E-state index contributed by atoms with van der Waals surface area (Å²) in [5.74, 6) is 0.790. The van der Waals surface area contributed by atoms with E-state index in [1.54, 1.807) is 12.4 Å². The number of aromatic nitrogens is 2. The first-order chi connectivity index (χ1) is 6.86. The van der Waals surface area contributed by atoms with Crippen LogP contribution >= 0.6 is 12.2 Å². The van der Waals surface area contributed by atoms with E-state index in [1.165, 1.54) is 0 Å². The third kappa shape index (κ3) is 1.97. The third-order valence-electron chi connectivity index (χ3n) is 1.75. The van der Waals surface area contributed by atoms with Crippen LogP contribution in [-0.2, 0) is 0 Å². The fourth-order valence-corrected chi connectivity index (χ4v) is 1.28. The van der Waals surface area contributed by atoms with Gasteiger partial charge < -0.3 is 10.3 Å². The average molecular weight is 203 g/mol. The molecule has 14 heavy (non-hydrogen) atoms. The summed E-state index contributed by atoms with van der Waals surface area (Å²) in [5, 5.41) is 3.13. The van der Waals surface area contributed by atoms with Crippen LogP contribution in [0.4, 0.5) is 11.5 Å². The highest BCUT2D eigenvalue weighted by Gasteiger charge is 1.95. The van der Waals surface area contributed by atoms with Crippen LogP contribution in [-0.4, -0.2) is 9.97 Å². The predicted octanol–water partition coefficient (Wildman–Crippen LogP) is 2.88. The molecule has 0 aliphatic heterocycles. The van der Waals surface area contributed by atoms with E-state index in [0.717, 1.165) is 11.5 Å². The SMILES string of the molecule is S=c1[nH]cccc1Nc1ccccn1. The van der Waals surface area contributed by atoms with Crippen molar-refractivity contribution in [3.63, 3.8) is 0 Å². The van der Waals surface area contributed by atoms with E-state index in [-0.39, 0.29) is 0 Å². The maximum Gasteiger partial charge on any atom is 0.130 e. The lowest BCUT2D eigenvalue weighted by molar-refractivity contribution is 1.26. The number of hydrogen-bond acceptors (Lipinski definition) is 3. The van der Waals surface area contributed by atoms with Gasteiger partial charge in [-0.1, -0.05) is 18.3 Å². The van der Waals surface area contributed by atoms with Crippen molar-refractivity contribution >= 4 is 23.7 Å². The van der Waals surface area contributed by atoms with Gasteiger partial charge in [0, 0.05) is 12.4 Å². The van der Waals surface area contributed by atoms with Gasteiger partial charge in [0.1, 0.15) is 10.5 Å². The molecule has 2 rings (SSSR count). The van der Waals surface area contributed by atoms with E-state index in [0.29, 0.717) is 4.64 Å². The van der Waals surface area contributed by atoms with Gasteiger partial charge in [0.15, 0.2) is 0 Å². The Kier molecular flexibility index (Phi) is 2.55. The van der Waals surface area contributed by atoms with Crippen molar-refractivity contribution < 1.29 is 0 Å². The first-order valence-corrected chi connectivity index (χ1v) is 4.63. The molecule has 0 fully saturated rings. The van der Waals surface area contributed by atoms with E-state index in [4.69, 9.17) is 12.2 Å². The second kappa shape index (κ2) is 4.02. The van der Waals surface area contributed by atoms with Crippen LogP contribution in [0.2, 0.25) is 0 Å². The fourth-order valence-electron chi connectivity index (χ4n) is 1.09. The molecule has 70 valence electrons. The lowest BCUT2D eigenvalue weighted by Crippen LogP contribution is -1.93. The van der Waals surface area contributed by atoms with E-state index in [9.17, 15) is 0 Å².